The summed E-state index contributed by atoms with van der Waals surface area (Å²) < 4.78 is 0. The van der Waals surface area contributed by atoms with E-state index in [1.54, 1.807) is 16.2 Å². The number of aryl methyl sites for hydroxylation is 1. The molecule has 2 aromatic rings. The van der Waals surface area contributed by atoms with Gasteiger partial charge in [-0.3, -0.25) is 4.79 Å². The lowest BCUT2D eigenvalue weighted by molar-refractivity contribution is 0.0786. The van der Waals surface area contributed by atoms with Crippen LogP contribution in [0.1, 0.15) is 26.4 Å². The molecule has 21 heavy (non-hydrogen) atoms. The SMILES string of the molecule is Cc1cccc(C(=O)N(C)Cc2cc(C#CCN)cs2)c1. The zero-order valence-electron chi connectivity index (χ0n) is 12.2. The average Bonchev–Trinajstić information content (AvgIpc) is 2.91. The van der Waals surface area contributed by atoms with Gasteiger partial charge < -0.3 is 10.6 Å². The van der Waals surface area contributed by atoms with Crippen molar-refractivity contribution in [3.8, 4) is 11.8 Å². The third-order valence-electron chi connectivity index (χ3n) is 2.99. The molecule has 2 rings (SSSR count). The molecule has 0 aliphatic rings. The highest BCUT2D eigenvalue weighted by Gasteiger charge is 2.12. The third kappa shape index (κ3) is 4.19. The van der Waals surface area contributed by atoms with Crippen molar-refractivity contribution >= 4 is 17.2 Å². The molecule has 3 nitrogen and oxygen atoms in total. The molecule has 0 radical (unpaired) electrons. The predicted octanol–water partition coefficient (Wildman–Crippen LogP) is 2.64. The summed E-state index contributed by atoms with van der Waals surface area (Å²) in [6.45, 7) is 2.93. The van der Waals surface area contributed by atoms with E-state index < -0.39 is 0 Å². The summed E-state index contributed by atoms with van der Waals surface area (Å²) in [5, 5.41) is 1.99. The summed E-state index contributed by atoms with van der Waals surface area (Å²) >= 11 is 1.61. The van der Waals surface area contributed by atoms with Gasteiger partial charge >= 0.3 is 0 Å². The number of rotatable bonds is 3. The number of nitrogens with zero attached hydrogens (tertiary/aromatic N) is 1. The predicted molar refractivity (Wildman–Crippen MR) is 87.2 cm³/mol. The van der Waals surface area contributed by atoms with E-state index in [2.05, 4.69) is 11.8 Å². The van der Waals surface area contributed by atoms with Gasteiger partial charge in [0.2, 0.25) is 0 Å². The second-order valence-corrected chi connectivity index (χ2v) is 5.83. The maximum Gasteiger partial charge on any atom is 0.253 e. The van der Waals surface area contributed by atoms with Gasteiger partial charge in [-0.25, -0.2) is 0 Å². The van der Waals surface area contributed by atoms with Gasteiger partial charge in [0.05, 0.1) is 13.1 Å². The molecule has 0 saturated heterocycles. The molecule has 108 valence electrons. The minimum Gasteiger partial charge on any atom is -0.337 e. The molecule has 2 N–H and O–H groups in total. The van der Waals surface area contributed by atoms with Crippen molar-refractivity contribution in [1.29, 1.82) is 0 Å². The van der Waals surface area contributed by atoms with Gasteiger partial charge in [0.15, 0.2) is 0 Å². The van der Waals surface area contributed by atoms with E-state index in [0.29, 0.717) is 13.1 Å². The van der Waals surface area contributed by atoms with E-state index >= 15 is 0 Å². The molecule has 1 amide bonds. The monoisotopic (exact) mass is 298 g/mol. The Bertz CT molecular complexity index is 694. The van der Waals surface area contributed by atoms with E-state index in [-0.39, 0.29) is 5.91 Å². The van der Waals surface area contributed by atoms with Crippen molar-refractivity contribution in [2.24, 2.45) is 5.73 Å². The Hall–Kier alpha value is -2.09. The van der Waals surface area contributed by atoms with Crippen molar-refractivity contribution < 1.29 is 4.79 Å². The molecular weight excluding hydrogens is 280 g/mol. The maximum absolute atomic E-state index is 12.4. The summed E-state index contributed by atoms with van der Waals surface area (Å²) in [4.78, 5) is 15.2. The Morgan fingerprint density at radius 1 is 1.38 bits per heavy atom. The summed E-state index contributed by atoms with van der Waals surface area (Å²) in [7, 11) is 1.82. The first-order valence-electron chi connectivity index (χ1n) is 6.68. The summed E-state index contributed by atoms with van der Waals surface area (Å²) in [5.74, 6) is 5.86. The van der Waals surface area contributed by atoms with E-state index in [9.17, 15) is 4.79 Å². The number of carbonyl (C=O) groups excluding carboxylic acids is 1. The highest BCUT2D eigenvalue weighted by Crippen LogP contribution is 2.17. The Kier molecular flexibility index (Phi) is 5.15. The molecule has 1 heterocycles. The van der Waals surface area contributed by atoms with Crippen LogP contribution in [-0.4, -0.2) is 24.4 Å². The molecule has 0 bridgehead atoms. The second kappa shape index (κ2) is 7.07. The highest BCUT2D eigenvalue weighted by atomic mass is 32.1. The Labute approximate surface area is 129 Å². The molecule has 0 aliphatic carbocycles. The highest BCUT2D eigenvalue weighted by molar-refractivity contribution is 7.10. The number of nitrogens with two attached hydrogens (primary N) is 1. The van der Waals surface area contributed by atoms with E-state index in [1.165, 1.54) is 0 Å². The minimum atomic E-state index is 0.0293. The number of amides is 1. The number of thiophene rings is 1. The van der Waals surface area contributed by atoms with Crippen LogP contribution in [0.5, 0.6) is 0 Å². The fourth-order valence-electron chi connectivity index (χ4n) is 1.99. The average molecular weight is 298 g/mol. The van der Waals surface area contributed by atoms with Crippen LogP contribution in [-0.2, 0) is 6.54 Å². The minimum absolute atomic E-state index is 0.0293. The van der Waals surface area contributed by atoms with Gasteiger partial charge in [0, 0.05) is 28.4 Å². The Morgan fingerprint density at radius 2 is 2.19 bits per heavy atom. The molecule has 1 aromatic heterocycles. The number of benzene rings is 1. The van der Waals surface area contributed by atoms with Gasteiger partial charge in [-0.2, -0.15) is 0 Å². The van der Waals surface area contributed by atoms with Crippen LogP contribution < -0.4 is 5.73 Å². The van der Waals surface area contributed by atoms with E-state index in [0.717, 1.165) is 21.6 Å². The van der Waals surface area contributed by atoms with Crippen molar-refractivity contribution in [3.63, 3.8) is 0 Å². The first-order chi connectivity index (χ1) is 10.1. The lowest BCUT2D eigenvalue weighted by atomic mass is 10.1. The largest absolute Gasteiger partial charge is 0.337 e. The van der Waals surface area contributed by atoms with Crippen molar-refractivity contribution in [2.45, 2.75) is 13.5 Å². The van der Waals surface area contributed by atoms with Crippen LogP contribution >= 0.6 is 11.3 Å². The van der Waals surface area contributed by atoms with Gasteiger partial charge in [0.25, 0.3) is 5.91 Å². The van der Waals surface area contributed by atoms with Crippen LogP contribution in [0, 0.1) is 18.8 Å². The zero-order valence-corrected chi connectivity index (χ0v) is 13.0. The molecular formula is C17H18N2OS. The molecule has 0 spiro atoms. The summed E-state index contributed by atoms with van der Waals surface area (Å²) in [6, 6.07) is 9.65. The summed E-state index contributed by atoms with van der Waals surface area (Å²) in [5.41, 5.74) is 8.12. The van der Waals surface area contributed by atoms with Crippen LogP contribution in [0.2, 0.25) is 0 Å². The zero-order chi connectivity index (χ0) is 15.2. The summed E-state index contributed by atoms with van der Waals surface area (Å²) in [6.07, 6.45) is 0. The molecule has 0 unspecified atom stereocenters. The molecule has 0 fully saturated rings. The Morgan fingerprint density at radius 3 is 2.90 bits per heavy atom. The van der Waals surface area contributed by atoms with Crippen LogP contribution in [0.4, 0.5) is 0 Å². The molecule has 0 atom stereocenters. The second-order valence-electron chi connectivity index (χ2n) is 4.84. The molecule has 1 aromatic carbocycles. The van der Waals surface area contributed by atoms with Crippen LogP contribution in [0.25, 0.3) is 0 Å². The quantitative estimate of drug-likeness (QED) is 0.886. The normalized spacial score (nSPS) is 9.86. The molecule has 0 saturated carbocycles. The maximum atomic E-state index is 12.4. The van der Waals surface area contributed by atoms with Crippen LogP contribution in [0.15, 0.2) is 35.7 Å². The van der Waals surface area contributed by atoms with Crippen molar-refractivity contribution in [1.82, 2.24) is 4.90 Å². The van der Waals surface area contributed by atoms with E-state index in [4.69, 9.17) is 5.73 Å². The first-order valence-corrected chi connectivity index (χ1v) is 7.56. The van der Waals surface area contributed by atoms with Crippen molar-refractivity contribution in [3.05, 3.63) is 57.3 Å². The van der Waals surface area contributed by atoms with E-state index in [1.807, 2.05) is 49.7 Å². The van der Waals surface area contributed by atoms with Gasteiger partial charge in [-0.1, -0.05) is 29.5 Å². The molecule has 4 heteroatoms. The topological polar surface area (TPSA) is 46.3 Å². The number of hydrogen-bond acceptors (Lipinski definition) is 3. The fraction of sp³-hybridized carbons (Fsp3) is 0.235. The standard InChI is InChI=1S/C17H18N2OS/c1-13-5-3-7-15(9-13)17(20)19(2)11-16-10-14(12-21-16)6-4-8-18/h3,5,7,9-10,12H,8,11,18H2,1-2H3. The first kappa shape index (κ1) is 15.3. The Balaban J connectivity index is 2.05. The molecule has 0 aliphatic heterocycles. The lowest BCUT2D eigenvalue weighted by Gasteiger charge is -2.16. The van der Waals surface area contributed by atoms with Crippen LogP contribution in [0.3, 0.4) is 0 Å². The van der Waals surface area contributed by atoms with Gasteiger partial charge in [-0.05, 0) is 25.1 Å². The van der Waals surface area contributed by atoms with Gasteiger partial charge in [-0.15, -0.1) is 11.3 Å². The smallest absolute Gasteiger partial charge is 0.253 e. The lowest BCUT2D eigenvalue weighted by Crippen LogP contribution is -2.25. The third-order valence-corrected chi connectivity index (χ3v) is 3.91. The fourth-order valence-corrected chi connectivity index (χ4v) is 2.85. The van der Waals surface area contributed by atoms with Gasteiger partial charge in [0.1, 0.15) is 0 Å². The van der Waals surface area contributed by atoms with Crippen molar-refractivity contribution in [2.75, 3.05) is 13.6 Å². The number of hydrogen-bond donors (Lipinski definition) is 1. The number of carbonyl (C=O) groups is 1.